The Labute approximate surface area is 117 Å². The third-order valence-electron chi connectivity index (χ3n) is 3.81. The van der Waals surface area contributed by atoms with Gasteiger partial charge in [-0.25, -0.2) is 8.42 Å². The van der Waals surface area contributed by atoms with Crippen molar-refractivity contribution in [2.75, 3.05) is 11.5 Å². The zero-order valence-corrected chi connectivity index (χ0v) is 12.0. The van der Waals surface area contributed by atoms with Gasteiger partial charge in [0.2, 0.25) is 0 Å². The van der Waals surface area contributed by atoms with Gasteiger partial charge in [0, 0.05) is 18.7 Å². The Bertz CT molecular complexity index is 723. The smallest absolute Gasteiger partial charge is 0.161 e. The van der Waals surface area contributed by atoms with Crippen LogP contribution in [0.15, 0.2) is 18.2 Å². The van der Waals surface area contributed by atoms with E-state index in [0.717, 1.165) is 30.0 Å². The number of fused-ring (bicyclic) bond motifs is 1. The van der Waals surface area contributed by atoms with Crippen LogP contribution in [0.2, 0.25) is 0 Å². The van der Waals surface area contributed by atoms with Gasteiger partial charge in [0.1, 0.15) is 5.82 Å². The molecule has 1 aliphatic rings. The number of hydrogen-bond donors (Lipinski definition) is 1. The predicted octanol–water partition coefficient (Wildman–Crippen LogP) is 0.555. The van der Waals surface area contributed by atoms with Crippen molar-refractivity contribution >= 4 is 15.5 Å². The van der Waals surface area contributed by atoms with E-state index in [2.05, 4.69) is 10.2 Å². The summed E-state index contributed by atoms with van der Waals surface area (Å²) in [6.07, 6.45) is 2.31. The van der Waals surface area contributed by atoms with Crippen LogP contribution in [0.3, 0.4) is 0 Å². The maximum atomic E-state index is 11.7. The summed E-state index contributed by atoms with van der Waals surface area (Å²) in [5.74, 6) is 1.51. The summed E-state index contributed by atoms with van der Waals surface area (Å²) in [6.45, 7) is 0.408. The number of pyridine rings is 1. The van der Waals surface area contributed by atoms with Crippen LogP contribution in [0.25, 0.3) is 5.65 Å². The maximum absolute atomic E-state index is 11.7. The van der Waals surface area contributed by atoms with Gasteiger partial charge >= 0.3 is 0 Å². The van der Waals surface area contributed by atoms with Crippen molar-refractivity contribution in [1.82, 2.24) is 14.6 Å². The average Bonchev–Trinajstić information content (AvgIpc) is 2.81. The van der Waals surface area contributed by atoms with Crippen LogP contribution in [0, 0.1) is 5.92 Å². The van der Waals surface area contributed by atoms with Gasteiger partial charge in [-0.15, -0.1) is 10.2 Å². The second kappa shape index (κ2) is 5.14. The summed E-state index contributed by atoms with van der Waals surface area (Å²) in [7, 11) is -2.89. The second-order valence-corrected chi connectivity index (χ2v) is 7.59. The standard InChI is InChI=1S/C13H18N4O2S/c14-8-11-4-1-5-12-15-16-13(17(11)12)7-10-3-2-6-20(18,19)9-10/h1,4-5,10H,2-3,6-9,14H2. The molecule has 1 unspecified atom stereocenters. The Hall–Kier alpha value is -1.47. The number of nitrogens with two attached hydrogens (primary N) is 1. The molecule has 3 heterocycles. The van der Waals surface area contributed by atoms with E-state index in [4.69, 9.17) is 5.73 Å². The molecule has 0 aromatic carbocycles. The molecular weight excluding hydrogens is 276 g/mol. The summed E-state index contributed by atoms with van der Waals surface area (Å²) >= 11 is 0. The fraction of sp³-hybridized carbons (Fsp3) is 0.538. The molecular formula is C13H18N4O2S. The summed E-state index contributed by atoms with van der Waals surface area (Å²) in [5, 5.41) is 8.35. The quantitative estimate of drug-likeness (QED) is 0.893. The van der Waals surface area contributed by atoms with E-state index in [9.17, 15) is 8.42 Å². The van der Waals surface area contributed by atoms with Crippen molar-refractivity contribution in [3.8, 4) is 0 Å². The van der Waals surface area contributed by atoms with E-state index in [-0.39, 0.29) is 11.7 Å². The molecule has 0 saturated carbocycles. The SMILES string of the molecule is NCc1cccc2nnc(CC3CCCS(=O)(=O)C3)n12. The Morgan fingerprint density at radius 2 is 2.20 bits per heavy atom. The van der Waals surface area contributed by atoms with Gasteiger partial charge < -0.3 is 5.73 Å². The van der Waals surface area contributed by atoms with Crippen LogP contribution in [0.5, 0.6) is 0 Å². The van der Waals surface area contributed by atoms with Crippen molar-refractivity contribution in [2.24, 2.45) is 11.7 Å². The third-order valence-corrected chi connectivity index (χ3v) is 5.70. The zero-order chi connectivity index (χ0) is 14.2. The first kappa shape index (κ1) is 13.5. The molecule has 1 aliphatic heterocycles. The van der Waals surface area contributed by atoms with Crippen molar-refractivity contribution in [1.29, 1.82) is 0 Å². The Morgan fingerprint density at radius 3 is 2.95 bits per heavy atom. The maximum Gasteiger partial charge on any atom is 0.161 e. The van der Waals surface area contributed by atoms with Crippen LogP contribution in [-0.2, 0) is 22.8 Å². The Balaban J connectivity index is 1.91. The number of nitrogens with zero attached hydrogens (tertiary/aromatic N) is 3. The topological polar surface area (TPSA) is 90.3 Å². The minimum absolute atomic E-state index is 0.131. The van der Waals surface area contributed by atoms with Gasteiger partial charge in [0.15, 0.2) is 15.5 Å². The molecule has 1 saturated heterocycles. The first-order valence-electron chi connectivity index (χ1n) is 6.81. The van der Waals surface area contributed by atoms with E-state index >= 15 is 0 Å². The Morgan fingerprint density at radius 1 is 1.35 bits per heavy atom. The first-order chi connectivity index (χ1) is 9.59. The second-order valence-electron chi connectivity index (χ2n) is 5.36. The lowest BCUT2D eigenvalue weighted by molar-refractivity contribution is 0.473. The van der Waals surface area contributed by atoms with Gasteiger partial charge in [0.05, 0.1) is 11.5 Å². The highest BCUT2D eigenvalue weighted by atomic mass is 32.2. The van der Waals surface area contributed by atoms with Crippen molar-refractivity contribution in [3.05, 3.63) is 29.7 Å². The molecule has 2 N–H and O–H groups in total. The lowest BCUT2D eigenvalue weighted by Gasteiger charge is -2.21. The minimum Gasteiger partial charge on any atom is -0.325 e. The van der Waals surface area contributed by atoms with Gasteiger partial charge in [-0.1, -0.05) is 6.07 Å². The molecule has 3 rings (SSSR count). The molecule has 0 spiro atoms. The lowest BCUT2D eigenvalue weighted by Crippen LogP contribution is -2.27. The molecule has 0 aliphatic carbocycles. The van der Waals surface area contributed by atoms with E-state index in [1.807, 2.05) is 22.6 Å². The molecule has 7 heteroatoms. The molecule has 108 valence electrons. The summed E-state index contributed by atoms with van der Waals surface area (Å²) < 4.78 is 25.4. The normalized spacial score (nSPS) is 22.1. The third kappa shape index (κ3) is 2.55. The fourth-order valence-corrected chi connectivity index (χ4v) is 4.68. The lowest BCUT2D eigenvalue weighted by atomic mass is 10.0. The minimum atomic E-state index is -2.89. The van der Waals surface area contributed by atoms with Crippen LogP contribution >= 0.6 is 0 Å². The van der Waals surface area contributed by atoms with Gasteiger partial charge in [-0.05, 0) is 30.9 Å². The van der Waals surface area contributed by atoms with E-state index < -0.39 is 9.84 Å². The highest BCUT2D eigenvalue weighted by Crippen LogP contribution is 2.22. The molecule has 1 atom stereocenters. The fourth-order valence-electron chi connectivity index (χ4n) is 2.90. The number of sulfone groups is 1. The molecule has 0 amide bonds. The molecule has 0 bridgehead atoms. The van der Waals surface area contributed by atoms with Crippen LogP contribution in [0.4, 0.5) is 0 Å². The first-order valence-corrected chi connectivity index (χ1v) is 8.63. The van der Waals surface area contributed by atoms with Crippen LogP contribution < -0.4 is 5.73 Å². The average molecular weight is 294 g/mol. The van der Waals surface area contributed by atoms with Gasteiger partial charge in [0.25, 0.3) is 0 Å². The highest BCUT2D eigenvalue weighted by molar-refractivity contribution is 7.91. The van der Waals surface area contributed by atoms with Crippen LogP contribution in [0.1, 0.15) is 24.4 Å². The molecule has 20 heavy (non-hydrogen) atoms. The molecule has 2 aromatic heterocycles. The largest absolute Gasteiger partial charge is 0.325 e. The summed E-state index contributed by atoms with van der Waals surface area (Å²) in [4.78, 5) is 0. The number of rotatable bonds is 3. The van der Waals surface area contributed by atoms with Crippen molar-refractivity contribution in [3.63, 3.8) is 0 Å². The van der Waals surface area contributed by atoms with Crippen molar-refractivity contribution in [2.45, 2.75) is 25.8 Å². The Kier molecular flexibility index (Phi) is 3.47. The number of aromatic nitrogens is 3. The summed E-state index contributed by atoms with van der Waals surface area (Å²) in [5.41, 5.74) is 7.46. The van der Waals surface area contributed by atoms with Crippen LogP contribution in [-0.4, -0.2) is 34.5 Å². The highest BCUT2D eigenvalue weighted by Gasteiger charge is 2.26. The van der Waals surface area contributed by atoms with E-state index in [0.29, 0.717) is 18.7 Å². The molecule has 2 aromatic rings. The molecule has 6 nitrogen and oxygen atoms in total. The zero-order valence-electron chi connectivity index (χ0n) is 11.2. The predicted molar refractivity (Wildman–Crippen MR) is 76.0 cm³/mol. The van der Waals surface area contributed by atoms with Crippen molar-refractivity contribution < 1.29 is 8.42 Å². The monoisotopic (exact) mass is 294 g/mol. The van der Waals surface area contributed by atoms with Gasteiger partial charge in [-0.2, -0.15) is 0 Å². The number of hydrogen-bond acceptors (Lipinski definition) is 5. The van der Waals surface area contributed by atoms with Gasteiger partial charge in [-0.3, -0.25) is 4.40 Å². The molecule has 1 fully saturated rings. The van der Waals surface area contributed by atoms with E-state index in [1.54, 1.807) is 0 Å². The summed E-state index contributed by atoms with van der Waals surface area (Å²) in [6, 6.07) is 5.73. The van der Waals surface area contributed by atoms with E-state index in [1.165, 1.54) is 0 Å². The molecule has 0 radical (unpaired) electrons.